The van der Waals surface area contributed by atoms with E-state index >= 15 is 0 Å². The van der Waals surface area contributed by atoms with Gasteiger partial charge in [0, 0.05) is 11.5 Å². The molecule has 0 bridgehead atoms. The lowest BCUT2D eigenvalue weighted by Crippen LogP contribution is -2.00. The first-order chi connectivity index (χ1) is 13.4. The molecule has 3 aromatic carbocycles. The fraction of sp³-hybridized carbons (Fsp3) is 0.280. The molecule has 0 saturated heterocycles. The first-order valence-corrected chi connectivity index (χ1v) is 11.8. The van der Waals surface area contributed by atoms with E-state index in [4.69, 9.17) is 0 Å². The second kappa shape index (κ2) is 11.9. The Labute approximate surface area is 172 Å². The normalized spacial score (nSPS) is 11.0. The van der Waals surface area contributed by atoms with Crippen LogP contribution in [-0.4, -0.2) is 4.58 Å². The highest BCUT2D eigenvalue weighted by atomic mass is 32.2. The van der Waals surface area contributed by atoms with Gasteiger partial charge in [0.15, 0.2) is 0 Å². The summed E-state index contributed by atoms with van der Waals surface area (Å²) >= 11 is 4.21. The van der Waals surface area contributed by atoms with Gasteiger partial charge in [-0.15, -0.1) is 23.5 Å². The van der Waals surface area contributed by atoms with Gasteiger partial charge in [0.1, 0.15) is 0 Å². The van der Waals surface area contributed by atoms with Crippen LogP contribution in [0.25, 0.3) is 0 Å². The van der Waals surface area contributed by atoms with Crippen molar-refractivity contribution in [3.05, 3.63) is 108 Å². The Morgan fingerprint density at radius 3 is 1.44 bits per heavy atom. The summed E-state index contributed by atoms with van der Waals surface area (Å²) in [4.78, 5) is 0. The van der Waals surface area contributed by atoms with Crippen molar-refractivity contribution < 1.29 is 0 Å². The maximum absolute atomic E-state index is 2.24. The van der Waals surface area contributed by atoms with Crippen LogP contribution >= 0.6 is 23.5 Å². The minimum Gasteiger partial charge on any atom is -0.143 e. The lowest BCUT2D eigenvalue weighted by molar-refractivity contribution is 0.711. The van der Waals surface area contributed by atoms with Crippen molar-refractivity contribution >= 4 is 23.5 Å². The van der Waals surface area contributed by atoms with Gasteiger partial charge in [0.2, 0.25) is 0 Å². The highest BCUT2D eigenvalue weighted by Crippen LogP contribution is 2.33. The molecule has 2 heteroatoms. The zero-order valence-electron chi connectivity index (χ0n) is 15.8. The minimum atomic E-state index is 0.654. The quantitative estimate of drug-likeness (QED) is 0.243. The second-order valence-corrected chi connectivity index (χ2v) is 9.43. The molecule has 0 amide bonds. The zero-order chi connectivity index (χ0) is 18.6. The Balaban J connectivity index is 1.47. The Hall–Kier alpha value is -1.64. The molecule has 0 aliphatic rings. The third-order valence-corrected chi connectivity index (χ3v) is 7.59. The standard InChI is InChI=1S/C25H28S2/c1-4-12-22(13-5-1)14-10-11-19-25(26-20-23-15-6-2-7-16-23)27-21-24-17-8-3-9-18-24/h1-9,12-13,15-18,25H,10-11,14,19-21H2. The number of unbranched alkanes of at least 4 members (excludes halogenated alkanes) is 1. The third kappa shape index (κ3) is 7.86. The van der Waals surface area contributed by atoms with Crippen molar-refractivity contribution in [3.8, 4) is 0 Å². The van der Waals surface area contributed by atoms with Gasteiger partial charge in [0.25, 0.3) is 0 Å². The molecule has 0 radical (unpaired) electrons. The fourth-order valence-corrected chi connectivity index (χ4v) is 5.63. The van der Waals surface area contributed by atoms with Gasteiger partial charge in [-0.2, -0.15) is 0 Å². The van der Waals surface area contributed by atoms with Crippen molar-refractivity contribution in [2.45, 2.75) is 41.8 Å². The van der Waals surface area contributed by atoms with E-state index in [2.05, 4.69) is 115 Å². The van der Waals surface area contributed by atoms with Gasteiger partial charge < -0.3 is 0 Å². The molecule has 3 rings (SSSR count). The number of aryl methyl sites for hydroxylation is 1. The topological polar surface area (TPSA) is 0 Å². The molecular weight excluding hydrogens is 364 g/mol. The maximum Gasteiger partial charge on any atom is 0.0509 e. The summed E-state index contributed by atoms with van der Waals surface area (Å²) in [6.45, 7) is 0. The predicted octanol–water partition coefficient (Wildman–Crippen LogP) is 7.59. The summed E-state index contributed by atoms with van der Waals surface area (Å²) in [5.41, 5.74) is 4.32. The lowest BCUT2D eigenvalue weighted by atomic mass is 10.1. The van der Waals surface area contributed by atoms with Crippen LogP contribution in [0.5, 0.6) is 0 Å². The molecule has 0 aliphatic carbocycles. The average molecular weight is 393 g/mol. The molecule has 0 spiro atoms. The van der Waals surface area contributed by atoms with E-state index < -0.39 is 0 Å². The summed E-state index contributed by atoms with van der Waals surface area (Å²) in [7, 11) is 0. The van der Waals surface area contributed by atoms with Crippen LogP contribution in [0.1, 0.15) is 36.0 Å². The van der Waals surface area contributed by atoms with Gasteiger partial charge in [0.05, 0.1) is 4.58 Å². The van der Waals surface area contributed by atoms with Crippen LogP contribution in [0.15, 0.2) is 91.0 Å². The summed E-state index contributed by atoms with van der Waals surface area (Å²) in [5, 5.41) is 0. The Morgan fingerprint density at radius 1 is 0.519 bits per heavy atom. The van der Waals surface area contributed by atoms with Crippen LogP contribution in [0.3, 0.4) is 0 Å². The van der Waals surface area contributed by atoms with E-state index in [1.54, 1.807) is 0 Å². The lowest BCUT2D eigenvalue weighted by Gasteiger charge is -2.16. The smallest absolute Gasteiger partial charge is 0.0509 e. The van der Waals surface area contributed by atoms with E-state index in [0.29, 0.717) is 4.58 Å². The summed E-state index contributed by atoms with van der Waals surface area (Å²) in [6.07, 6.45) is 5.05. The van der Waals surface area contributed by atoms with Gasteiger partial charge in [-0.1, -0.05) is 97.4 Å². The van der Waals surface area contributed by atoms with Crippen molar-refractivity contribution in [2.24, 2.45) is 0 Å². The van der Waals surface area contributed by atoms with Gasteiger partial charge in [-0.05, 0) is 36.0 Å². The molecule has 0 aliphatic heterocycles. The molecule has 0 saturated carbocycles. The van der Waals surface area contributed by atoms with Gasteiger partial charge >= 0.3 is 0 Å². The first kappa shape index (κ1) is 20.1. The molecule has 0 atom stereocenters. The van der Waals surface area contributed by atoms with Crippen LogP contribution < -0.4 is 0 Å². The molecular formula is C25H28S2. The largest absolute Gasteiger partial charge is 0.143 e. The van der Waals surface area contributed by atoms with Crippen LogP contribution in [-0.2, 0) is 17.9 Å². The minimum absolute atomic E-state index is 0.654. The Bertz CT molecular complexity index is 698. The van der Waals surface area contributed by atoms with E-state index in [1.807, 2.05) is 0 Å². The predicted molar refractivity (Wildman–Crippen MR) is 123 cm³/mol. The molecule has 27 heavy (non-hydrogen) atoms. The van der Waals surface area contributed by atoms with E-state index in [9.17, 15) is 0 Å². The molecule has 0 nitrogen and oxygen atoms in total. The van der Waals surface area contributed by atoms with E-state index in [-0.39, 0.29) is 0 Å². The SMILES string of the molecule is c1ccc(CCCCC(SCc2ccccc2)SCc2ccccc2)cc1. The summed E-state index contributed by atoms with van der Waals surface area (Å²) < 4.78 is 0.654. The third-order valence-electron chi connectivity index (χ3n) is 4.56. The maximum atomic E-state index is 2.24. The highest BCUT2D eigenvalue weighted by molar-refractivity contribution is 8.16. The fourth-order valence-electron chi connectivity index (χ4n) is 3.03. The van der Waals surface area contributed by atoms with E-state index in [0.717, 1.165) is 11.5 Å². The molecule has 0 heterocycles. The van der Waals surface area contributed by atoms with Crippen LogP contribution in [0, 0.1) is 0 Å². The van der Waals surface area contributed by atoms with Crippen molar-refractivity contribution in [1.82, 2.24) is 0 Å². The van der Waals surface area contributed by atoms with Crippen molar-refractivity contribution in [2.75, 3.05) is 0 Å². The molecule has 0 fully saturated rings. The number of rotatable bonds is 11. The summed E-state index contributed by atoms with van der Waals surface area (Å²) in [5.74, 6) is 2.21. The number of benzene rings is 3. The number of thioether (sulfide) groups is 2. The van der Waals surface area contributed by atoms with Crippen molar-refractivity contribution in [3.63, 3.8) is 0 Å². The molecule has 0 aromatic heterocycles. The molecule has 140 valence electrons. The Morgan fingerprint density at radius 2 is 0.963 bits per heavy atom. The summed E-state index contributed by atoms with van der Waals surface area (Å²) in [6, 6.07) is 32.6. The van der Waals surface area contributed by atoms with Gasteiger partial charge in [-0.3, -0.25) is 0 Å². The Kier molecular flexibility index (Phi) is 8.89. The number of hydrogen-bond donors (Lipinski definition) is 0. The second-order valence-electron chi connectivity index (χ2n) is 6.75. The molecule has 3 aromatic rings. The average Bonchev–Trinajstić information content (AvgIpc) is 2.75. The van der Waals surface area contributed by atoms with Crippen molar-refractivity contribution in [1.29, 1.82) is 0 Å². The first-order valence-electron chi connectivity index (χ1n) is 9.75. The van der Waals surface area contributed by atoms with Crippen LogP contribution in [0.2, 0.25) is 0 Å². The van der Waals surface area contributed by atoms with E-state index in [1.165, 1.54) is 42.4 Å². The van der Waals surface area contributed by atoms with Crippen LogP contribution in [0.4, 0.5) is 0 Å². The zero-order valence-corrected chi connectivity index (χ0v) is 17.4. The van der Waals surface area contributed by atoms with Gasteiger partial charge in [-0.25, -0.2) is 0 Å². The molecule has 0 unspecified atom stereocenters. The monoisotopic (exact) mass is 392 g/mol. The number of hydrogen-bond acceptors (Lipinski definition) is 2. The highest BCUT2D eigenvalue weighted by Gasteiger charge is 2.11. The molecule has 0 N–H and O–H groups in total.